The number of nitrogens with zero attached hydrogens (tertiary/aromatic N) is 2. The van der Waals surface area contributed by atoms with Crippen molar-refractivity contribution in [2.24, 2.45) is 0 Å². The van der Waals surface area contributed by atoms with Crippen molar-refractivity contribution in [3.63, 3.8) is 0 Å². The molecule has 0 atom stereocenters. The van der Waals surface area contributed by atoms with Gasteiger partial charge < -0.3 is 12.4 Å². The summed E-state index contributed by atoms with van der Waals surface area (Å²) in [5.74, 6) is 0. The zero-order valence-electron chi connectivity index (χ0n) is 10.4. The Bertz CT molecular complexity index is 201. The molecule has 1 fully saturated rings. The summed E-state index contributed by atoms with van der Waals surface area (Å²) in [7, 11) is 1.01. The average molecular weight is 302 g/mol. The second-order valence-corrected chi connectivity index (χ2v) is 20.2. The maximum atomic E-state index is 3.88. The van der Waals surface area contributed by atoms with Crippen LogP contribution in [0.3, 0.4) is 0 Å². The largest absolute Gasteiger partial charge is 0.350 e. The van der Waals surface area contributed by atoms with Crippen LogP contribution in [-0.2, 0) is 0 Å². The molecule has 0 bridgehead atoms. The van der Waals surface area contributed by atoms with Crippen molar-refractivity contribution in [3.8, 4) is 0 Å². The van der Waals surface area contributed by atoms with Crippen molar-refractivity contribution in [2.75, 3.05) is 0 Å². The minimum atomic E-state index is -1.25. The van der Waals surface area contributed by atoms with Crippen LogP contribution >= 0.6 is 0 Å². The second kappa shape index (κ2) is 5.68. The molecule has 0 aromatic rings. The van der Waals surface area contributed by atoms with E-state index in [4.69, 9.17) is 0 Å². The summed E-state index contributed by atoms with van der Waals surface area (Å²) in [5, 5.41) is 0. The quantitative estimate of drug-likeness (QED) is 0.745. The van der Waals surface area contributed by atoms with E-state index in [9.17, 15) is 0 Å². The number of rotatable bonds is 3. The molecule has 0 aliphatic carbocycles. The van der Waals surface area contributed by atoms with Gasteiger partial charge in [-0.05, 0) is 19.6 Å². The highest BCUT2D eigenvalue weighted by Gasteiger charge is 2.47. The molecule has 1 aliphatic heterocycles. The lowest BCUT2D eigenvalue weighted by Gasteiger charge is -2.55. The van der Waals surface area contributed by atoms with Gasteiger partial charge >= 0.3 is 0 Å². The van der Waals surface area contributed by atoms with E-state index in [0.29, 0.717) is 0 Å². The summed E-state index contributed by atoms with van der Waals surface area (Å²) in [4.78, 5) is 0. The average Bonchev–Trinajstić information content (AvgIpc) is 2.18. The van der Waals surface area contributed by atoms with Crippen LogP contribution in [0, 0.1) is 0 Å². The minimum absolute atomic E-state index is 0.419. The fourth-order valence-corrected chi connectivity index (χ4v) is 32.0. The lowest BCUT2D eigenvalue weighted by molar-refractivity contribution is 0.802. The predicted molar refractivity (Wildman–Crippen MR) is 76.5 cm³/mol. The molecule has 0 saturated carbocycles. The Morgan fingerprint density at radius 1 is 1.00 bits per heavy atom. The molecule has 15 heavy (non-hydrogen) atoms. The Morgan fingerprint density at radius 2 is 1.40 bits per heavy atom. The molecule has 3 nitrogen and oxygen atoms in total. The highest BCUT2D eigenvalue weighted by Crippen LogP contribution is 2.19. The van der Waals surface area contributed by atoms with E-state index >= 15 is 0 Å². The van der Waals surface area contributed by atoms with Gasteiger partial charge in [0.2, 0.25) is 18.2 Å². The minimum Gasteiger partial charge on any atom is -0.350 e. The Morgan fingerprint density at radius 3 is 1.67 bits per heavy atom. The maximum Gasteiger partial charge on any atom is 0.203 e. The first kappa shape index (κ1) is 14.2. The second-order valence-electron chi connectivity index (χ2n) is 3.68. The molecule has 82 valence electrons. The molecule has 1 aliphatic rings. The standard InChI is InChI=1S/C6H19N3Si6/c1-10-8-13(4)7-14(5)9(11-2)15(8,6)12-3/h7H,1-6H3. The first-order chi connectivity index (χ1) is 7.01. The molecule has 1 rings (SSSR count). The van der Waals surface area contributed by atoms with E-state index in [2.05, 4.69) is 51.7 Å². The molecule has 1 saturated heterocycles. The first-order valence-corrected chi connectivity index (χ1v) is 16.8. The van der Waals surface area contributed by atoms with Crippen LogP contribution in [-0.4, -0.2) is 62.3 Å². The fourth-order valence-electron chi connectivity index (χ4n) is 2.12. The third kappa shape index (κ3) is 2.55. The monoisotopic (exact) mass is 301 g/mol. The Balaban J connectivity index is 2.98. The third-order valence-corrected chi connectivity index (χ3v) is 29.4. The topological polar surface area (TPSA) is 18.5 Å². The maximum absolute atomic E-state index is 3.88. The molecule has 0 aromatic carbocycles. The van der Waals surface area contributed by atoms with Gasteiger partial charge in [-0.15, -0.1) is 0 Å². The Kier molecular flexibility index (Phi) is 5.39. The van der Waals surface area contributed by atoms with Crippen LogP contribution in [0.2, 0.25) is 39.3 Å². The fraction of sp³-hybridized carbons (Fsp3) is 1.00. The number of hydrogen-bond acceptors (Lipinski definition) is 3. The first-order valence-electron chi connectivity index (χ1n) is 5.09. The normalized spacial score (nSPS) is 26.0. The molecule has 0 amide bonds. The summed E-state index contributed by atoms with van der Waals surface area (Å²) in [6.45, 7) is 14.6. The van der Waals surface area contributed by atoms with Gasteiger partial charge in [-0.2, -0.15) is 0 Å². The summed E-state index contributed by atoms with van der Waals surface area (Å²) in [6, 6.07) is 0. The smallest absolute Gasteiger partial charge is 0.203 e. The van der Waals surface area contributed by atoms with Crippen LogP contribution < -0.4 is 4.65 Å². The van der Waals surface area contributed by atoms with Crippen molar-refractivity contribution >= 4 is 54.6 Å². The molecular weight excluding hydrogens is 283 g/mol. The van der Waals surface area contributed by atoms with Crippen molar-refractivity contribution in [3.05, 3.63) is 0 Å². The van der Waals surface area contributed by atoms with Gasteiger partial charge in [-0.3, -0.25) is 0 Å². The zero-order valence-corrected chi connectivity index (χ0v) is 16.4. The molecule has 9 heteroatoms. The summed E-state index contributed by atoms with van der Waals surface area (Å²) >= 11 is 0. The van der Waals surface area contributed by atoms with Crippen LogP contribution in [0.25, 0.3) is 0 Å². The van der Waals surface area contributed by atoms with Crippen molar-refractivity contribution in [1.82, 2.24) is 12.4 Å². The van der Waals surface area contributed by atoms with E-state index in [-0.39, 0.29) is 0 Å². The highest BCUT2D eigenvalue weighted by molar-refractivity contribution is 7.29. The van der Waals surface area contributed by atoms with Crippen LogP contribution in [0.1, 0.15) is 0 Å². The zero-order chi connectivity index (χ0) is 11.6. The van der Waals surface area contributed by atoms with E-state index in [0.717, 1.165) is 28.4 Å². The number of nitrogens with one attached hydrogen (secondary N) is 1. The molecular formula is C6H19N3Si6. The van der Waals surface area contributed by atoms with E-state index in [1.807, 2.05) is 0 Å². The van der Waals surface area contributed by atoms with Crippen molar-refractivity contribution in [1.29, 1.82) is 0 Å². The van der Waals surface area contributed by atoms with E-state index in [1.165, 1.54) is 0 Å². The lowest BCUT2D eigenvalue weighted by atomic mass is 11.9. The van der Waals surface area contributed by atoms with Gasteiger partial charge in [-0.25, -0.2) is 0 Å². The van der Waals surface area contributed by atoms with Crippen LogP contribution in [0.4, 0.5) is 0 Å². The van der Waals surface area contributed by atoms with Crippen molar-refractivity contribution < 1.29 is 0 Å². The highest BCUT2D eigenvalue weighted by atomic mass is 29.2. The Labute approximate surface area is 106 Å². The number of hydrogen-bond donors (Lipinski definition) is 1. The summed E-state index contributed by atoms with van der Waals surface area (Å²) in [6.07, 6.45) is 0. The van der Waals surface area contributed by atoms with E-state index in [1.54, 1.807) is 0 Å². The van der Waals surface area contributed by atoms with E-state index < -0.39 is 26.2 Å². The SMILES string of the molecule is C[Si]N1[Si](C)N[Si](C)N([Si]C)[Si]1(C)[Si]C. The summed E-state index contributed by atoms with van der Waals surface area (Å²) in [5.41, 5.74) is 0. The third-order valence-electron chi connectivity index (χ3n) is 2.82. The van der Waals surface area contributed by atoms with Gasteiger partial charge in [-0.1, -0.05) is 19.6 Å². The molecule has 0 unspecified atom stereocenters. The van der Waals surface area contributed by atoms with Gasteiger partial charge in [0, 0.05) is 0 Å². The van der Waals surface area contributed by atoms with Gasteiger partial charge in [0.15, 0.2) is 7.91 Å². The molecule has 0 spiro atoms. The van der Waals surface area contributed by atoms with Gasteiger partial charge in [0.1, 0.15) is 19.4 Å². The summed E-state index contributed by atoms with van der Waals surface area (Å²) < 4.78 is 9.61. The van der Waals surface area contributed by atoms with Crippen LogP contribution in [0.15, 0.2) is 0 Å². The van der Waals surface area contributed by atoms with Crippen molar-refractivity contribution in [2.45, 2.75) is 39.3 Å². The van der Waals surface area contributed by atoms with Gasteiger partial charge in [0.05, 0.1) is 9.04 Å². The van der Waals surface area contributed by atoms with Gasteiger partial charge in [0.25, 0.3) is 0 Å². The Hall–Kier alpha value is 1.18. The molecule has 1 N–H and O–H groups in total. The molecule has 8 radical (unpaired) electrons. The van der Waals surface area contributed by atoms with Crippen LogP contribution in [0.5, 0.6) is 0 Å². The lowest BCUT2D eigenvalue weighted by Crippen LogP contribution is -2.84. The molecule has 1 heterocycles. The predicted octanol–water partition coefficient (Wildman–Crippen LogP) is 0.0852. The molecule has 0 aromatic heterocycles.